The summed E-state index contributed by atoms with van der Waals surface area (Å²) in [6.07, 6.45) is 3.05. The summed E-state index contributed by atoms with van der Waals surface area (Å²) < 4.78 is 17.0. The molecule has 3 aromatic carbocycles. The van der Waals surface area contributed by atoms with Gasteiger partial charge in [0.1, 0.15) is 28.4 Å². The summed E-state index contributed by atoms with van der Waals surface area (Å²) in [6.45, 7) is 4.12. The molecule has 0 aliphatic carbocycles. The molecular formula is C27H21ClO5. The van der Waals surface area contributed by atoms with Gasteiger partial charge in [0.15, 0.2) is 5.78 Å². The molecule has 0 saturated carbocycles. The molecule has 0 radical (unpaired) electrons. The fraction of sp³-hybridized carbons (Fsp3) is 0.111. The number of aryl methyl sites for hydroxylation is 1. The van der Waals surface area contributed by atoms with E-state index in [1.54, 1.807) is 79.7 Å². The quantitative estimate of drug-likeness (QED) is 0.130. The van der Waals surface area contributed by atoms with Crippen molar-refractivity contribution in [3.63, 3.8) is 0 Å². The van der Waals surface area contributed by atoms with Crippen LogP contribution in [0.15, 0.2) is 77.2 Å². The molecule has 4 aromatic rings. The molecule has 0 saturated heterocycles. The average molecular weight is 461 g/mol. The number of rotatable bonds is 7. The number of hydrogen-bond donors (Lipinski definition) is 0. The van der Waals surface area contributed by atoms with Crippen LogP contribution in [0.2, 0.25) is 5.02 Å². The maximum Gasteiger partial charge on any atom is 0.347 e. The Morgan fingerprint density at radius 2 is 1.79 bits per heavy atom. The monoisotopic (exact) mass is 460 g/mol. The van der Waals surface area contributed by atoms with E-state index < -0.39 is 5.97 Å². The molecular weight excluding hydrogens is 440 g/mol. The van der Waals surface area contributed by atoms with Crippen LogP contribution in [0.25, 0.3) is 17.0 Å². The topological polar surface area (TPSA) is 65.7 Å². The molecule has 5 nitrogen and oxygen atoms in total. The standard InChI is InChI=1S/C27H21ClO5/c1-3-31-21-13-15-25-22(16-21)26(17(2)32-25)27(30)33-24-7-5-4-6-19(24)10-14-23(29)18-8-11-20(28)12-9-18/h4-16H,3H2,1-2H3. The fourth-order valence-corrected chi connectivity index (χ4v) is 3.57. The lowest BCUT2D eigenvalue weighted by molar-refractivity contribution is 0.0734. The van der Waals surface area contributed by atoms with Gasteiger partial charge in [-0.15, -0.1) is 0 Å². The number of hydrogen-bond acceptors (Lipinski definition) is 5. The zero-order valence-electron chi connectivity index (χ0n) is 18.1. The Labute approximate surface area is 196 Å². The number of esters is 1. The van der Waals surface area contributed by atoms with E-state index in [4.69, 9.17) is 25.5 Å². The van der Waals surface area contributed by atoms with Crippen molar-refractivity contribution in [2.75, 3.05) is 6.61 Å². The number of carbonyl (C=O) groups excluding carboxylic acids is 2. The number of furan rings is 1. The van der Waals surface area contributed by atoms with Crippen LogP contribution in [0.1, 0.15) is 39.0 Å². The maximum absolute atomic E-state index is 13.1. The van der Waals surface area contributed by atoms with E-state index in [-0.39, 0.29) is 5.78 Å². The Morgan fingerprint density at radius 1 is 1.03 bits per heavy atom. The lowest BCUT2D eigenvalue weighted by Crippen LogP contribution is -2.10. The first-order valence-corrected chi connectivity index (χ1v) is 10.8. The van der Waals surface area contributed by atoms with E-state index in [2.05, 4.69) is 0 Å². The molecule has 0 atom stereocenters. The highest BCUT2D eigenvalue weighted by Gasteiger charge is 2.21. The minimum Gasteiger partial charge on any atom is -0.494 e. The van der Waals surface area contributed by atoms with Crippen molar-refractivity contribution in [1.82, 2.24) is 0 Å². The average Bonchev–Trinajstić information content (AvgIpc) is 3.14. The fourth-order valence-electron chi connectivity index (χ4n) is 3.45. The number of carbonyl (C=O) groups is 2. The number of halogens is 1. The maximum atomic E-state index is 13.1. The van der Waals surface area contributed by atoms with Crippen molar-refractivity contribution in [1.29, 1.82) is 0 Å². The van der Waals surface area contributed by atoms with Gasteiger partial charge in [0.25, 0.3) is 0 Å². The SMILES string of the molecule is CCOc1ccc2oc(C)c(C(=O)Oc3ccccc3C=CC(=O)c3ccc(Cl)cc3)c2c1. The molecule has 0 bridgehead atoms. The van der Waals surface area contributed by atoms with E-state index in [9.17, 15) is 9.59 Å². The van der Waals surface area contributed by atoms with Crippen LogP contribution in [0.5, 0.6) is 11.5 Å². The van der Waals surface area contributed by atoms with Crippen LogP contribution in [-0.4, -0.2) is 18.4 Å². The van der Waals surface area contributed by atoms with Crippen LogP contribution in [0, 0.1) is 6.92 Å². The second-order valence-electron chi connectivity index (χ2n) is 7.26. The third-order valence-electron chi connectivity index (χ3n) is 5.02. The Morgan fingerprint density at radius 3 is 2.55 bits per heavy atom. The first kappa shape index (κ1) is 22.4. The third-order valence-corrected chi connectivity index (χ3v) is 5.27. The number of ether oxygens (including phenoxy) is 2. The van der Waals surface area contributed by atoms with Crippen LogP contribution in [0.4, 0.5) is 0 Å². The van der Waals surface area contributed by atoms with E-state index in [1.165, 1.54) is 6.08 Å². The third kappa shape index (κ3) is 4.99. The van der Waals surface area contributed by atoms with Crippen molar-refractivity contribution in [3.05, 3.63) is 100 Å². The second kappa shape index (κ2) is 9.76. The molecule has 166 valence electrons. The number of ketones is 1. The lowest BCUT2D eigenvalue weighted by Gasteiger charge is -2.08. The van der Waals surface area contributed by atoms with Gasteiger partial charge in [0.2, 0.25) is 0 Å². The molecule has 0 aliphatic rings. The number of benzene rings is 3. The van der Waals surface area contributed by atoms with Gasteiger partial charge in [0.05, 0.1) is 6.61 Å². The van der Waals surface area contributed by atoms with Gasteiger partial charge in [-0.1, -0.05) is 29.8 Å². The van der Waals surface area contributed by atoms with E-state index in [0.29, 0.717) is 56.5 Å². The highest BCUT2D eigenvalue weighted by Crippen LogP contribution is 2.31. The van der Waals surface area contributed by atoms with Crippen molar-refractivity contribution >= 4 is 40.4 Å². The van der Waals surface area contributed by atoms with Gasteiger partial charge in [-0.05, 0) is 74.5 Å². The Bertz CT molecular complexity index is 1350. The summed E-state index contributed by atoms with van der Waals surface area (Å²) in [4.78, 5) is 25.6. The number of fused-ring (bicyclic) bond motifs is 1. The molecule has 33 heavy (non-hydrogen) atoms. The molecule has 0 amide bonds. The van der Waals surface area contributed by atoms with E-state index >= 15 is 0 Å². The van der Waals surface area contributed by atoms with E-state index in [0.717, 1.165) is 0 Å². The van der Waals surface area contributed by atoms with Gasteiger partial charge < -0.3 is 13.9 Å². The van der Waals surface area contributed by atoms with Crippen LogP contribution in [-0.2, 0) is 0 Å². The molecule has 0 aliphatic heterocycles. The van der Waals surface area contributed by atoms with Crippen molar-refractivity contribution in [2.45, 2.75) is 13.8 Å². The minimum atomic E-state index is -0.551. The lowest BCUT2D eigenvalue weighted by atomic mass is 10.1. The highest BCUT2D eigenvalue weighted by molar-refractivity contribution is 6.30. The van der Waals surface area contributed by atoms with Crippen LogP contribution >= 0.6 is 11.6 Å². The van der Waals surface area contributed by atoms with E-state index in [1.807, 2.05) is 6.92 Å². The molecule has 0 fully saturated rings. The first-order chi connectivity index (χ1) is 16.0. The van der Waals surface area contributed by atoms with Gasteiger partial charge in [0, 0.05) is 21.5 Å². The second-order valence-corrected chi connectivity index (χ2v) is 7.69. The minimum absolute atomic E-state index is 0.187. The van der Waals surface area contributed by atoms with Crippen LogP contribution < -0.4 is 9.47 Å². The summed E-state index contributed by atoms with van der Waals surface area (Å²) in [5.74, 6) is 0.688. The molecule has 1 heterocycles. The smallest absolute Gasteiger partial charge is 0.347 e. The van der Waals surface area contributed by atoms with Crippen molar-refractivity contribution in [3.8, 4) is 11.5 Å². The zero-order valence-corrected chi connectivity index (χ0v) is 18.9. The first-order valence-electron chi connectivity index (χ1n) is 10.4. The summed E-state index contributed by atoms with van der Waals surface area (Å²) in [5.41, 5.74) is 2.01. The van der Waals surface area contributed by atoms with Gasteiger partial charge >= 0.3 is 5.97 Å². The normalized spacial score (nSPS) is 11.1. The Hall–Kier alpha value is -3.83. The zero-order chi connectivity index (χ0) is 23.4. The summed E-state index contributed by atoms with van der Waals surface area (Å²) in [5, 5.41) is 1.18. The van der Waals surface area contributed by atoms with Gasteiger partial charge in [-0.2, -0.15) is 0 Å². The summed E-state index contributed by atoms with van der Waals surface area (Å²) >= 11 is 5.88. The number of allylic oxidation sites excluding steroid dienone is 1. The molecule has 6 heteroatoms. The Balaban J connectivity index is 1.60. The molecule has 1 aromatic heterocycles. The highest BCUT2D eigenvalue weighted by atomic mass is 35.5. The Kier molecular flexibility index (Phi) is 6.61. The largest absolute Gasteiger partial charge is 0.494 e. The predicted molar refractivity (Wildman–Crippen MR) is 128 cm³/mol. The van der Waals surface area contributed by atoms with Gasteiger partial charge in [-0.25, -0.2) is 4.79 Å². The number of para-hydroxylation sites is 1. The van der Waals surface area contributed by atoms with Crippen molar-refractivity contribution in [2.24, 2.45) is 0 Å². The molecule has 0 unspecified atom stereocenters. The molecule has 4 rings (SSSR count). The summed E-state index contributed by atoms with van der Waals surface area (Å²) in [6, 6.07) is 19.0. The molecule has 0 N–H and O–H groups in total. The molecule has 0 spiro atoms. The van der Waals surface area contributed by atoms with Crippen molar-refractivity contribution < 1.29 is 23.5 Å². The summed E-state index contributed by atoms with van der Waals surface area (Å²) in [7, 11) is 0. The van der Waals surface area contributed by atoms with Gasteiger partial charge in [-0.3, -0.25) is 4.79 Å². The van der Waals surface area contributed by atoms with Crippen LogP contribution in [0.3, 0.4) is 0 Å². The predicted octanol–water partition coefficient (Wildman–Crippen LogP) is 6.91.